The van der Waals surface area contributed by atoms with E-state index >= 15 is 0 Å². The fourth-order valence-corrected chi connectivity index (χ4v) is 4.09. The smallest absolute Gasteiger partial charge is 0.435 e. The van der Waals surface area contributed by atoms with E-state index in [2.05, 4.69) is 4.90 Å². The fraction of sp³-hybridized carbons (Fsp3) is 0.588. The van der Waals surface area contributed by atoms with Crippen molar-refractivity contribution in [1.29, 1.82) is 0 Å². The molecule has 0 saturated carbocycles. The molecule has 1 unspecified atom stereocenters. The van der Waals surface area contributed by atoms with Crippen LogP contribution in [0.1, 0.15) is 33.3 Å². The van der Waals surface area contributed by atoms with Gasteiger partial charge in [0.15, 0.2) is 0 Å². The molecule has 25 heavy (non-hydrogen) atoms. The first-order valence-corrected chi connectivity index (χ1v) is 8.63. The Morgan fingerprint density at radius 3 is 2.56 bits per heavy atom. The van der Waals surface area contributed by atoms with E-state index in [1.54, 1.807) is 6.07 Å². The molecule has 1 heterocycles. The molecule has 2 rings (SSSR count). The highest BCUT2D eigenvalue weighted by Crippen LogP contribution is 2.33. The summed E-state index contributed by atoms with van der Waals surface area (Å²) in [4.78, 5) is 24.5. The van der Waals surface area contributed by atoms with Crippen molar-refractivity contribution in [3.8, 4) is 0 Å². The molecule has 7 nitrogen and oxygen atoms in total. The van der Waals surface area contributed by atoms with Crippen molar-refractivity contribution in [2.45, 2.75) is 45.8 Å². The second-order valence-corrected chi connectivity index (χ2v) is 8.07. The average Bonchev–Trinajstić information content (AvgIpc) is 2.47. The molecule has 0 spiro atoms. The third-order valence-corrected chi connectivity index (χ3v) is 5.58. The molecule has 1 aliphatic rings. The number of halogens is 1. The average molecular weight is 371 g/mol. The van der Waals surface area contributed by atoms with Crippen molar-refractivity contribution in [2.24, 2.45) is 0 Å². The number of non-ortho nitro benzene ring substituents is 1. The Morgan fingerprint density at radius 1 is 1.48 bits per heavy atom. The van der Waals surface area contributed by atoms with Crippen molar-refractivity contribution in [2.75, 3.05) is 19.6 Å². The number of piperazine rings is 1. The number of carbonyl (C=O) groups is 1. The molecule has 1 aliphatic heterocycles. The van der Waals surface area contributed by atoms with Crippen LogP contribution in [0.2, 0.25) is 5.02 Å². The maximum atomic E-state index is 12.0. The molecule has 1 aromatic rings. The van der Waals surface area contributed by atoms with Gasteiger partial charge in [0.2, 0.25) is 0 Å². The summed E-state index contributed by atoms with van der Waals surface area (Å²) < 4.78 is 0.0253. The van der Waals surface area contributed by atoms with Gasteiger partial charge < -0.3 is 5.11 Å². The Bertz CT molecular complexity index is 689. The van der Waals surface area contributed by atoms with E-state index in [9.17, 15) is 20.0 Å². The van der Waals surface area contributed by atoms with E-state index in [1.165, 1.54) is 12.1 Å². The SMILES string of the molecule is C[C@H]1CN(Cc2ccc([N+](=O)[O-])cc2Cl)CC[N+]1(C(=O)O)C(C)(C)C. The quantitative estimate of drug-likeness (QED) is 0.497. The lowest BCUT2D eigenvalue weighted by Crippen LogP contribution is -2.73. The lowest BCUT2D eigenvalue weighted by Gasteiger charge is -2.52. The molecule has 1 fully saturated rings. The third-order valence-electron chi connectivity index (χ3n) is 5.22. The van der Waals surface area contributed by atoms with Gasteiger partial charge in [0, 0.05) is 25.2 Å². The Labute approximate surface area is 152 Å². The van der Waals surface area contributed by atoms with Crippen LogP contribution in [0.3, 0.4) is 0 Å². The van der Waals surface area contributed by atoms with E-state index in [0.29, 0.717) is 31.2 Å². The van der Waals surface area contributed by atoms with Gasteiger partial charge in [-0.15, -0.1) is 0 Å². The number of carboxylic acid groups (broad SMARTS) is 1. The molecular formula is C17H25ClN3O4+. The predicted octanol–water partition coefficient (Wildman–Crippen LogP) is 3.75. The zero-order valence-corrected chi connectivity index (χ0v) is 15.8. The minimum absolute atomic E-state index is 0.0253. The highest BCUT2D eigenvalue weighted by atomic mass is 35.5. The predicted molar refractivity (Wildman–Crippen MR) is 95.8 cm³/mol. The second kappa shape index (κ2) is 6.90. The second-order valence-electron chi connectivity index (χ2n) is 7.66. The summed E-state index contributed by atoms with van der Waals surface area (Å²) in [5.74, 6) is 0. The van der Waals surface area contributed by atoms with Crippen LogP contribution in [0.5, 0.6) is 0 Å². The van der Waals surface area contributed by atoms with Gasteiger partial charge >= 0.3 is 6.09 Å². The Balaban J connectivity index is 2.16. The summed E-state index contributed by atoms with van der Waals surface area (Å²) in [7, 11) is 0. The maximum Gasteiger partial charge on any atom is 0.514 e. The molecule has 2 atom stereocenters. The molecule has 1 aromatic carbocycles. The van der Waals surface area contributed by atoms with Crippen molar-refractivity contribution in [3.63, 3.8) is 0 Å². The monoisotopic (exact) mass is 370 g/mol. The molecule has 8 heteroatoms. The van der Waals surface area contributed by atoms with E-state index in [4.69, 9.17) is 11.6 Å². The minimum atomic E-state index is -0.798. The summed E-state index contributed by atoms with van der Waals surface area (Å²) in [5.41, 5.74) is 0.378. The summed E-state index contributed by atoms with van der Waals surface area (Å²) in [6, 6.07) is 4.39. The summed E-state index contributed by atoms with van der Waals surface area (Å²) in [6.45, 7) is 10.1. The van der Waals surface area contributed by atoms with Gasteiger partial charge in [0.1, 0.15) is 18.1 Å². The van der Waals surface area contributed by atoms with Crippen molar-refractivity contribution in [3.05, 3.63) is 38.9 Å². The topological polar surface area (TPSA) is 83.7 Å². The molecule has 0 bridgehead atoms. The van der Waals surface area contributed by atoms with Gasteiger partial charge in [-0.05, 0) is 39.3 Å². The largest absolute Gasteiger partial charge is 0.514 e. The molecular weight excluding hydrogens is 346 g/mol. The van der Waals surface area contributed by atoms with Gasteiger partial charge in [-0.2, -0.15) is 4.79 Å². The van der Waals surface area contributed by atoms with Gasteiger partial charge in [0.25, 0.3) is 5.69 Å². The number of hydrogen-bond acceptors (Lipinski definition) is 4. The van der Waals surface area contributed by atoms with Crippen LogP contribution in [0.4, 0.5) is 10.5 Å². The fourth-order valence-electron chi connectivity index (χ4n) is 3.85. The molecule has 0 aromatic heterocycles. The first-order chi connectivity index (χ1) is 11.5. The number of amides is 1. The molecule has 0 radical (unpaired) electrons. The highest BCUT2D eigenvalue weighted by molar-refractivity contribution is 6.31. The Kier molecular flexibility index (Phi) is 5.41. The molecule has 1 saturated heterocycles. The molecule has 1 N–H and O–H groups in total. The van der Waals surface area contributed by atoms with Gasteiger partial charge in [-0.25, -0.2) is 4.48 Å². The number of benzene rings is 1. The third kappa shape index (κ3) is 3.63. The standard InChI is InChI=1S/C17H24ClN3O4/c1-12-10-19(7-8-21(12,16(22)23)17(2,3)4)11-13-5-6-14(20(24)25)9-15(13)18/h5-6,9,12H,7-8,10-11H2,1-4H3/p+1/t12-,21?/m0/s1. The summed E-state index contributed by atoms with van der Waals surface area (Å²) in [6.07, 6.45) is -0.798. The maximum absolute atomic E-state index is 12.0. The number of quaternary nitrogens is 1. The molecule has 138 valence electrons. The van der Waals surface area contributed by atoms with Gasteiger partial charge in [-0.1, -0.05) is 11.6 Å². The van der Waals surface area contributed by atoms with Crippen LogP contribution in [-0.4, -0.2) is 56.7 Å². The van der Waals surface area contributed by atoms with Crippen LogP contribution < -0.4 is 0 Å². The van der Waals surface area contributed by atoms with E-state index < -0.39 is 16.6 Å². The normalized spacial score (nSPS) is 24.9. The van der Waals surface area contributed by atoms with E-state index in [0.717, 1.165) is 5.56 Å². The zero-order valence-electron chi connectivity index (χ0n) is 15.0. The Hall–Kier alpha value is -1.70. The molecule has 1 amide bonds. The number of nitro groups is 1. The van der Waals surface area contributed by atoms with Gasteiger partial charge in [-0.3, -0.25) is 15.0 Å². The number of nitrogens with zero attached hydrogens (tertiary/aromatic N) is 3. The van der Waals surface area contributed by atoms with Crippen molar-refractivity contribution in [1.82, 2.24) is 4.90 Å². The van der Waals surface area contributed by atoms with Crippen molar-refractivity contribution >= 4 is 23.4 Å². The summed E-state index contributed by atoms with van der Waals surface area (Å²) >= 11 is 6.18. The zero-order chi connectivity index (χ0) is 19.0. The van der Waals surface area contributed by atoms with E-state index in [1.807, 2.05) is 27.7 Å². The minimum Gasteiger partial charge on any atom is -0.435 e. The van der Waals surface area contributed by atoms with Crippen LogP contribution >= 0.6 is 11.6 Å². The van der Waals surface area contributed by atoms with E-state index in [-0.39, 0.29) is 16.2 Å². The number of nitro benzene ring substituents is 1. The van der Waals surface area contributed by atoms with Crippen LogP contribution in [0, 0.1) is 10.1 Å². The first kappa shape index (κ1) is 19.6. The molecule has 0 aliphatic carbocycles. The lowest BCUT2D eigenvalue weighted by molar-refractivity contribution is -0.929. The lowest BCUT2D eigenvalue weighted by atomic mass is 9.95. The van der Waals surface area contributed by atoms with Crippen LogP contribution in [0.15, 0.2) is 18.2 Å². The van der Waals surface area contributed by atoms with Crippen LogP contribution in [0.25, 0.3) is 0 Å². The summed E-state index contributed by atoms with van der Waals surface area (Å²) in [5, 5.41) is 21.0. The van der Waals surface area contributed by atoms with Crippen LogP contribution in [-0.2, 0) is 6.54 Å². The Morgan fingerprint density at radius 2 is 2.12 bits per heavy atom. The number of hydrogen-bond donors (Lipinski definition) is 1. The number of rotatable bonds is 3. The highest BCUT2D eigenvalue weighted by Gasteiger charge is 2.54. The first-order valence-electron chi connectivity index (χ1n) is 8.25. The van der Waals surface area contributed by atoms with Crippen molar-refractivity contribution < 1.29 is 19.3 Å². The van der Waals surface area contributed by atoms with Gasteiger partial charge in [0.05, 0.1) is 16.5 Å².